The Kier molecular flexibility index (Phi) is 6.78. The van der Waals surface area contributed by atoms with Crippen molar-refractivity contribution in [2.24, 2.45) is 7.05 Å². The highest BCUT2D eigenvalue weighted by Crippen LogP contribution is 2.17. The Bertz CT molecular complexity index is 923. The van der Waals surface area contributed by atoms with Crippen LogP contribution in [0.1, 0.15) is 22.6 Å². The first-order chi connectivity index (χ1) is 13.6. The van der Waals surface area contributed by atoms with Crippen LogP contribution < -0.4 is 0 Å². The van der Waals surface area contributed by atoms with Gasteiger partial charge in [0.15, 0.2) is 0 Å². The van der Waals surface area contributed by atoms with Gasteiger partial charge in [0.1, 0.15) is 5.82 Å². The zero-order valence-corrected chi connectivity index (χ0v) is 16.6. The van der Waals surface area contributed by atoms with Crippen LogP contribution in [-0.2, 0) is 18.4 Å². The lowest BCUT2D eigenvalue weighted by Crippen LogP contribution is -2.35. The van der Waals surface area contributed by atoms with E-state index in [9.17, 15) is 4.79 Å². The molecular weight excluding hydrogens is 376 g/mol. The van der Waals surface area contributed by atoms with Gasteiger partial charge < -0.3 is 14.6 Å². The summed E-state index contributed by atoms with van der Waals surface area (Å²) in [5.41, 5.74) is 3.03. The highest BCUT2D eigenvalue weighted by Gasteiger charge is 2.21. The van der Waals surface area contributed by atoms with Crippen LogP contribution >= 0.6 is 11.3 Å². The summed E-state index contributed by atoms with van der Waals surface area (Å²) < 4.78 is 2.18. The molecule has 8 heteroatoms. The van der Waals surface area contributed by atoms with Crippen LogP contribution in [0.2, 0.25) is 0 Å². The van der Waals surface area contributed by atoms with Crippen molar-refractivity contribution >= 4 is 34.7 Å². The molecule has 0 unspecified atom stereocenters. The minimum atomic E-state index is -0.250. The standard InChI is InChI=1S/C19H22N4OS.CH2O2/c1-21-17-6-3-2-5-16(17)20-18(21)13-22-8-4-9-23(11-10-22)19(24)15-7-12-25-14-15;2-1-3/h2-3,5-7,12,14H,4,8-11,13H2,1H3;1H,(H,2,3). The van der Waals surface area contributed by atoms with Crippen molar-refractivity contribution in [3.8, 4) is 0 Å². The van der Waals surface area contributed by atoms with Gasteiger partial charge in [-0.05, 0) is 30.0 Å². The third kappa shape index (κ3) is 4.58. The number of rotatable bonds is 3. The summed E-state index contributed by atoms with van der Waals surface area (Å²) in [5, 5.41) is 10.8. The van der Waals surface area contributed by atoms with Gasteiger partial charge in [0.05, 0.1) is 23.1 Å². The maximum absolute atomic E-state index is 12.5. The van der Waals surface area contributed by atoms with Crippen molar-refractivity contribution in [2.45, 2.75) is 13.0 Å². The predicted octanol–water partition coefficient (Wildman–Crippen LogP) is 2.68. The van der Waals surface area contributed by atoms with E-state index in [2.05, 4.69) is 28.6 Å². The molecule has 3 aromatic rings. The first kappa shape index (κ1) is 20.0. The third-order valence-electron chi connectivity index (χ3n) is 4.89. The number of imidazole rings is 1. The van der Waals surface area contributed by atoms with Gasteiger partial charge in [0.25, 0.3) is 12.4 Å². The normalized spacial score (nSPS) is 15.0. The molecule has 1 fully saturated rings. The van der Waals surface area contributed by atoms with E-state index < -0.39 is 0 Å². The van der Waals surface area contributed by atoms with E-state index in [0.717, 1.165) is 56.0 Å². The number of benzene rings is 1. The zero-order valence-electron chi connectivity index (χ0n) is 15.8. The molecule has 0 aliphatic carbocycles. The number of carboxylic acid groups (broad SMARTS) is 1. The molecule has 0 bridgehead atoms. The number of thiophene rings is 1. The number of fused-ring (bicyclic) bond motifs is 1. The van der Waals surface area contributed by atoms with Crippen molar-refractivity contribution in [3.63, 3.8) is 0 Å². The minimum Gasteiger partial charge on any atom is -0.483 e. The third-order valence-corrected chi connectivity index (χ3v) is 5.57. The molecular formula is C20H24N4O3S. The van der Waals surface area contributed by atoms with Crippen molar-refractivity contribution in [2.75, 3.05) is 26.2 Å². The molecule has 2 aromatic heterocycles. The number of nitrogens with zero attached hydrogens (tertiary/aromatic N) is 4. The predicted molar refractivity (Wildman–Crippen MR) is 110 cm³/mol. The Morgan fingerprint density at radius 1 is 1.21 bits per heavy atom. The smallest absolute Gasteiger partial charge is 0.290 e. The average molecular weight is 401 g/mol. The van der Waals surface area contributed by atoms with Crippen LogP contribution in [0.25, 0.3) is 11.0 Å². The highest BCUT2D eigenvalue weighted by molar-refractivity contribution is 7.08. The van der Waals surface area contributed by atoms with Crippen LogP contribution in [0.15, 0.2) is 41.1 Å². The number of amides is 1. The van der Waals surface area contributed by atoms with E-state index >= 15 is 0 Å². The fourth-order valence-electron chi connectivity index (χ4n) is 3.44. The summed E-state index contributed by atoms with van der Waals surface area (Å²) in [7, 11) is 2.08. The average Bonchev–Trinajstić information content (AvgIpc) is 3.27. The van der Waals surface area contributed by atoms with Gasteiger partial charge in [-0.25, -0.2) is 4.98 Å². The number of hydrogen-bond donors (Lipinski definition) is 1. The van der Waals surface area contributed by atoms with E-state index in [-0.39, 0.29) is 12.4 Å². The number of aryl methyl sites for hydroxylation is 1. The summed E-state index contributed by atoms with van der Waals surface area (Å²) in [6.07, 6.45) is 1.000. The lowest BCUT2D eigenvalue weighted by atomic mass is 10.3. The van der Waals surface area contributed by atoms with E-state index in [0.29, 0.717) is 0 Å². The van der Waals surface area contributed by atoms with Crippen molar-refractivity contribution in [3.05, 3.63) is 52.5 Å². The fraction of sp³-hybridized carbons (Fsp3) is 0.350. The van der Waals surface area contributed by atoms with Gasteiger partial charge in [-0.15, -0.1) is 0 Å². The van der Waals surface area contributed by atoms with Crippen LogP contribution in [0.3, 0.4) is 0 Å². The van der Waals surface area contributed by atoms with Crippen LogP contribution in [0.4, 0.5) is 0 Å². The molecule has 0 atom stereocenters. The van der Waals surface area contributed by atoms with Crippen molar-refractivity contribution in [1.29, 1.82) is 0 Å². The van der Waals surface area contributed by atoms with E-state index in [1.54, 1.807) is 11.3 Å². The maximum atomic E-state index is 12.5. The van der Waals surface area contributed by atoms with Gasteiger partial charge in [0.2, 0.25) is 0 Å². The summed E-state index contributed by atoms with van der Waals surface area (Å²) in [6.45, 7) is 4.06. The number of para-hydroxylation sites is 2. The summed E-state index contributed by atoms with van der Waals surface area (Å²) in [6, 6.07) is 10.2. The first-order valence-corrected chi connectivity index (χ1v) is 10.1. The summed E-state index contributed by atoms with van der Waals surface area (Å²) >= 11 is 1.57. The Morgan fingerprint density at radius 3 is 2.71 bits per heavy atom. The Morgan fingerprint density at radius 2 is 2.00 bits per heavy atom. The SMILES string of the molecule is Cn1c(CN2CCCN(C(=O)c3ccsc3)CC2)nc2ccccc21.O=CO. The second kappa shape index (κ2) is 9.48. The summed E-state index contributed by atoms with van der Waals surface area (Å²) in [4.78, 5) is 30.1. The molecule has 7 nitrogen and oxygen atoms in total. The zero-order chi connectivity index (χ0) is 19.9. The van der Waals surface area contributed by atoms with Crippen LogP contribution in [0.5, 0.6) is 0 Å². The molecule has 1 amide bonds. The maximum Gasteiger partial charge on any atom is 0.290 e. The Hall–Kier alpha value is -2.71. The highest BCUT2D eigenvalue weighted by atomic mass is 32.1. The first-order valence-electron chi connectivity index (χ1n) is 9.16. The molecule has 28 heavy (non-hydrogen) atoms. The van der Waals surface area contributed by atoms with E-state index in [1.807, 2.05) is 33.9 Å². The van der Waals surface area contributed by atoms with Crippen molar-refractivity contribution < 1.29 is 14.7 Å². The second-order valence-corrected chi connectivity index (χ2v) is 7.40. The number of hydrogen-bond acceptors (Lipinski definition) is 5. The summed E-state index contributed by atoms with van der Waals surface area (Å²) in [5.74, 6) is 1.24. The molecule has 1 saturated heterocycles. The quantitative estimate of drug-likeness (QED) is 0.684. The molecule has 0 radical (unpaired) electrons. The molecule has 1 aromatic carbocycles. The van der Waals surface area contributed by atoms with Gasteiger partial charge in [-0.3, -0.25) is 14.5 Å². The minimum absolute atomic E-state index is 0.158. The number of carbonyl (C=O) groups is 2. The van der Waals surface area contributed by atoms with E-state index in [4.69, 9.17) is 14.9 Å². The van der Waals surface area contributed by atoms with Crippen LogP contribution in [0, 0.1) is 0 Å². The second-order valence-electron chi connectivity index (χ2n) is 6.62. The molecule has 1 N–H and O–H groups in total. The molecule has 148 valence electrons. The molecule has 0 saturated carbocycles. The molecule has 0 spiro atoms. The monoisotopic (exact) mass is 400 g/mol. The van der Waals surface area contributed by atoms with Crippen LogP contribution in [-0.4, -0.2) is 63.0 Å². The fourth-order valence-corrected chi connectivity index (χ4v) is 4.07. The lowest BCUT2D eigenvalue weighted by molar-refractivity contribution is -0.122. The molecule has 4 rings (SSSR count). The lowest BCUT2D eigenvalue weighted by Gasteiger charge is -2.21. The van der Waals surface area contributed by atoms with Gasteiger partial charge in [-0.2, -0.15) is 11.3 Å². The largest absolute Gasteiger partial charge is 0.483 e. The Balaban J connectivity index is 0.000000706. The van der Waals surface area contributed by atoms with E-state index in [1.165, 1.54) is 5.52 Å². The topological polar surface area (TPSA) is 78.7 Å². The molecule has 1 aliphatic rings. The molecule has 1 aliphatic heterocycles. The molecule has 3 heterocycles. The van der Waals surface area contributed by atoms with Gasteiger partial charge in [-0.1, -0.05) is 12.1 Å². The Labute approximate surface area is 167 Å². The van der Waals surface area contributed by atoms with Gasteiger partial charge in [0, 0.05) is 38.6 Å². The number of aromatic nitrogens is 2. The number of carbonyl (C=O) groups excluding carboxylic acids is 1. The van der Waals surface area contributed by atoms with Gasteiger partial charge >= 0.3 is 0 Å². The van der Waals surface area contributed by atoms with Crippen molar-refractivity contribution in [1.82, 2.24) is 19.4 Å².